The lowest BCUT2D eigenvalue weighted by molar-refractivity contribution is -0.123. The van der Waals surface area contributed by atoms with E-state index in [0.29, 0.717) is 23.5 Å². The molecule has 186 valence electrons. The van der Waals surface area contributed by atoms with Crippen molar-refractivity contribution in [1.82, 2.24) is 9.97 Å². The number of rotatable bonds is 8. The molecule has 1 atom stereocenters. The number of carbonyl (C=O) groups is 3. The molecule has 10 nitrogen and oxygen atoms in total. The third-order valence-electron chi connectivity index (χ3n) is 5.49. The Morgan fingerprint density at radius 2 is 1.78 bits per heavy atom. The maximum atomic E-state index is 13.1. The van der Waals surface area contributed by atoms with Crippen molar-refractivity contribution in [2.75, 3.05) is 22.6 Å². The zero-order valence-corrected chi connectivity index (χ0v) is 19.4. The number of esters is 1. The van der Waals surface area contributed by atoms with Crippen LogP contribution >= 0.6 is 0 Å². The third kappa shape index (κ3) is 5.74. The molecule has 2 aromatic carbocycles. The number of hydrogen-bond acceptors (Lipinski definition) is 7. The molecule has 36 heavy (non-hydrogen) atoms. The molecule has 3 aromatic rings. The van der Waals surface area contributed by atoms with Gasteiger partial charge in [-0.1, -0.05) is 13.3 Å². The average molecular weight is 493 g/mol. The number of fused-ring (bicyclic) bond motifs is 1. The van der Waals surface area contributed by atoms with Gasteiger partial charge in [0, 0.05) is 17.8 Å². The van der Waals surface area contributed by atoms with Crippen molar-refractivity contribution in [3.05, 3.63) is 75.8 Å². The van der Waals surface area contributed by atoms with Crippen molar-refractivity contribution in [3.8, 4) is 0 Å². The topological polar surface area (TPSA) is 142 Å². The van der Waals surface area contributed by atoms with E-state index in [0.717, 1.165) is 12.8 Å². The van der Waals surface area contributed by atoms with Crippen LogP contribution in [0.15, 0.2) is 53.3 Å². The first kappa shape index (κ1) is 24.6. The van der Waals surface area contributed by atoms with Crippen molar-refractivity contribution < 1.29 is 23.5 Å². The van der Waals surface area contributed by atoms with Gasteiger partial charge in [0.15, 0.2) is 0 Å². The van der Waals surface area contributed by atoms with Crippen LogP contribution in [0.1, 0.15) is 48.0 Å². The molecule has 0 saturated heterocycles. The van der Waals surface area contributed by atoms with E-state index in [9.17, 15) is 23.6 Å². The van der Waals surface area contributed by atoms with E-state index >= 15 is 0 Å². The molecule has 1 aliphatic rings. The Balaban J connectivity index is 1.50. The lowest BCUT2D eigenvalue weighted by Crippen LogP contribution is -2.36. The predicted octanol–water partition coefficient (Wildman–Crippen LogP) is 3.67. The zero-order valence-electron chi connectivity index (χ0n) is 19.4. The maximum Gasteiger partial charge on any atom is 0.338 e. The Morgan fingerprint density at radius 3 is 2.47 bits per heavy atom. The van der Waals surface area contributed by atoms with Gasteiger partial charge in [-0.15, -0.1) is 0 Å². The summed E-state index contributed by atoms with van der Waals surface area (Å²) in [6.07, 6.45) is 1.44. The molecule has 0 saturated carbocycles. The van der Waals surface area contributed by atoms with Gasteiger partial charge in [-0.3, -0.25) is 19.4 Å². The van der Waals surface area contributed by atoms with Crippen LogP contribution in [0, 0.1) is 5.82 Å². The second-order valence-corrected chi connectivity index (χ2v) is 8.17. The number of halogens is 1. The van der Waals surface area contributed by atoms with E-state index < -0.39 is 35.1 Å². The number of hydrogen-bond donors (Lipinski definition) is 4. The molecule has 0 spiro atoms. The van der Waals surface area contributed by atoms with Crippen LogP contribution in [-0.2, 0) is 14.3 Å². The molecule has 0 fully saturated rings. The second kappa shape index (κ2) is 10.8. The summed E-state index contributed by atoms with van der Waals surface area (Å²) in [6, 6.07) is 11.5. The fraction of sp³-hybridized carbons (Fsp3) is 0.240. The Bertz CT molecular complexity index is 1340. The molecule has 1 aromatic heterocycles. The molecule has 1 aliphatic heterocycles. The van der Waals surface area contributed by atoms with Crippen molar-refractivity contribution in [2.45, 2.75) is 32.1 Å². The molecule has 4 N–H and O–H groups in total. The number of aromatic nitrogens is 2. The van der Waals surface area contributed by atoms with Crippen LogP contribution < -0.4 is 21.5 Å². The number of benzene rings is 2. The summed E-state index contributed by atoms with van der Waals surface area (Å²) < 4.78 is 18.3. The first-order valence-corrected chi connectivity index (χ1v) is 11.4. The predicted molar refractivity (Wildman–Crippen MR) is 131 cm³/mol. The zero-order chi connectivity index (χ0) is 25.7. The lowest BCUT2D eigenvalue weighted by Gasteiger charge is -2.23. The summed E-state index contributed by atoms with van der Waals surface area (Å²) in [5, 5.41) is 8.03. The molecule has 0 bridgehead atoms. The van der Waals surface area contributed by atoms with Crippen LogP contribution in [0.3, 0.4) is 0 Å². The van der Waals surface area contributed by atoms with E-state index in [4.69, 9.17) is 4.74 Å². The summed E-state index contributed by atoms with van der Waals surface area (Å²) in [5.74, 6) is -3.02. The Labute approximate surface area is 205 Å². The largest absolute Gasteiger partial charge is 0.462 e. The lowest BCUT2D eigenvalue weighted by atomic mass is 9.92. The molecule has 0 radical (unpaired) electrons. The molecule has 0 aliphatic carbocycles. The third-order valence-corrected chi connectivity index (χ3v) is 5.49. The number of carbonyl (C=O) groups excluding carboxylic acids is 3. The van der Waals surface area contributed by atoms with Gasteiger partial charge in [0.1, 0.15) is 11.6 Å². The fourth-order valence-corrected chi connectivity index (χ4v) is 3.64. The van der Waals surface area contributed by atoms with E-state index in [1.807, 2.05) is 6.92 Å². The highest BCUT2D eigenvalue weighted by Gasteiger charge is 2.34. The number of aromatic amines is 1. The summed E-state index contributed by atoms with van der Waals surface area (Å²) in [6.45, 7) is 2.33. The summed E-state index contributed by atoms with van der Waals surface area (Å²) in [4.78, 5) is 57.0. The molecular formula is C25H24FN5O5. The number of anilines is 4. The average Bonchev–Trinajstić information content (AvgIpc) is 2.85. The smallest absolute Gasteiger partial charge is 0.338 e. The SMILES string of the molecule is CCCCOC(=O)c1ccc(NC(=O)[C@H]2CC(=O)Nc3nc(Nc4ccc(F)cc4)[nH]c(=O)c32)cc1. The van der Waals surface area contributed by atoms with Gasteiger partial charge in [0.05, 0.1) is 23.7 Å². The van der Waals surface area contributed by atoms with Crippen molar-refractivity contribution in [2.24, 2.45) is 0 Å². The van der Waals surface area contributed by atoms with Crippen molar-refractivity contribution in [1.29, 1.82) is 0 Å². The second-order valence-electron chi connectivity index (χ2n) is 8.17. The van der Waals surface area contributed by atoms with Crippen LogP contribution in [0.25, 0.3) is 0 Å². The van der Waals surface area contributed by atoms with Gasteiger partial charge < -0.3 is 20.7 Å². The number of unbranched alkanes of at least 4 members (excludes halogenated alkanes) is 1. The van der Waals surface area contributed by atoms with Gasteiger partial charge in [0.25, 0.3) is 5.56 Å². The first-order valence-electron chi connectivity index (χ1n) is 11.4. The minimum absolute atomic E-state index is 0.0212. The highest BCUT2D eigenvalue weighted by atomic mass is 19.1. The highest BCUT2D eigenvalue weighted by molar-refractivity contribution is 6.04. The normalized spacial score (nSPS) is 14.4. The summed E-state index contributed by atoms with van der Waals surface area (Å²) in [5.41, 5.74) is 0.612. The van der Waals surface area contributed by atoms with Crippen LogP contribution in [0.2, 0.25) is 0 Å². The molecule has 2 heterocycles. The summed E-state index contributed by atoms with van der Waals surface area (Å²) in [7, 11) is 0. The maximum absolute atomic E-state index is 13.1. The van der Waals surface area contributed by atoms with Gasteiger partial charge in [-0.2, -0.15) is 4.98 Å². The molecule has 2 amide bonds. The number of H-pyrrole nitrogens is 1. The minimum Gasteiger partial charge on any atom is -0.462 e. The number of nitrogens with one attached hydrogen (secondary N) is 4. The first-order chi connectivity index (χ1) is 17.3. The Morgan fingerprint density at radius 1 is 1.08 bits per heavy atom. The van der Waals surface area contributed by atoms with Crippen LogP contribution in [0.5, 0.6) is 0 Å². The van der Waals surface area contributed by atoms with E-state index in [2.05, 4.69) is 25.9 Å². The van der Waals surface area contributed by atoms with E-state index in [1.165, 1.54) is 48.5 Å². The molecular weight excluding hydrogens is 469 g/mol. The van der Waals surface area contributed by atoms with Crippen LogP contribution in [0.4, 0.5) is 27.5 Å². The molecule has 0 unspecified atom stereocenters. The van der Waals surface area contributed by atoms with Gasteiger partial charge >= 0.3 is 5.97 Å². The fourth-order valence-electron chi connectivity index (χ4n) is 3.64. The number of amides is 2. The summed E-state index contributed by atoms with van der Waals surface area (Å²) >= 11 is 0. The van der Waals surface area contributed by atoms with Crippen molar-refractivity contribution >= 4 is 40.9 Å². The van der Waals surface area contributed by atoms with E-state index in [-0.39, 0.29) is 23.8 Å². The van der Waals surface area contributed by atoms with Crippen molar-refractivity contribution in [3.63, 3.8) is 0 Å². The van der Waals surface area contributed by atoms with Crippen LogP contribution in [-0.4, -0.2) is 34.4 Å². The highest BCUT2D eigenvalue weighted by Crippen LogP contribution is 2.30. The number of ether oxygens (including phenoxy) is 1. The van der Waals surface area contributed by atoms with Gasteiger partial charge in [-0.25, -0.2) is 9.18 Å². The molecule has 11 heteroatoms. The number of nitrogens with zero attached hydrogens (tertiary/aromatic N) is 1. The standard InChI is InChI=1S/C25H24FN5O5/c1-2-3-12-36-24(35)14-4-8-16(9-5-14)27-22(33)18-13-19(32)29-21-20(18)23(34)31-25(30-21)28-17-10-6-15(26)7-11-17/h4-11,18H,2-3,12-13H2,1H3,(H,27,33)(H3,28,29,30,31,32,34)/t18-/m0/s1. The van der Waals surface area contributed by atoms with Gasteiger partial charge in [-0.05, 0) is 55.0 Å². The quantitative estimate of drug-likeness (QED) is 0.277. The van der Waals surface area contributed by atoms with Gasteiger partial charge in [0.2, 0.25) is 17.8 Å². The Kier molecular flexibility index (Phi) is 7.38. The minimum atomic E-state index is -1.08. The monoisotopic (exact) mass is 493 g/mol. The van der Waals surface area contributed by atoms with E-state index in [1.54, 1.807) is 0 Å². The Hall–Kier alpha value is -4.54. The molecule has 4 rings (SSSR count).